The summed E-state index contributed by atoms with van der Waals surface area (Å²) in [5.74, 6) is 0.659. The van der Waals surface area contributed by atoms with Crippen LogP contribution in [0.4, 0.5) is 0 Å². The Morgan fingerprint density at radius 2 is 2.00 bits per heavy atom. The predicted octanol–water partition coefficient (Wildman–Crippen LogP) is 2.31. The van der Waals surface area contributed by atoms with E-state index in [1.54, 1.807) is 14.0 Å². The smallest absolute Gasteiger partial charge is 0.323 e. The van der Waals surface area contributed by atoms with Crippen LogP contribution in [0.3, 0.4) is 0 Å². The van der Waals surface area contributed by atoms with Gasteiger partial charge in [0.2, 0.25) is 0 Å². The number of likely N-dealkylation sites (N-methyl/N-ethyl adjacent to an activating group) is 1. The van der Waals surface area contributed by atoms with Crippen molar-refractivity contribution < 1.29 is 19.4 Å². The Balaban J connectivity index is 2.41. The number of hydrogen-bond acceptors (Lipinski definition) is 4. The maximum absolute atomic E-state index is 11.1. The van der Waals surface area contributed by atoms with Crippen molar-refractivity contribution in [3.8, 4) is 11.5 Å². The third kappa shape index (κ3) is 4.74. The maximum atomic E-state index is 11.1. The molecule has 0 fully saturated rings. The Hall–Kier alpha value is -1.75. The van der Waals surface area contributed by atoms with Gasteiger partial charge in [0.25, 0.3) is 0 Å². The van der Waals surface area contributed by atoms with Crippen molar-refractivity contribution in [3.63, 3.8) is 0 Å². The van der Waals surface area contributed by atoms with Crippen LogP contribution in [0.5, 0.6) is 11.5 Å². The molecule has 0 saturated heterocycles. The van der Waals surface area contributed by atoms with Crippen LogP contribution >= 0.6 is 0 Å². The zero-order valence-electron chi connectivity index (χ0n) is 12.3. The van der Waals surface area contributed by atoms with Gasteiger partial charge in [0.05, 0.1) is 13.2 Å². The number of carboxylic acid groups (broad SMARTS) is 1. The fourth-order valence-corrected chi connectivity index (χ4v) is 1.78. The van der Waals surface area contributed by atoms with Gasteiger partial charge in [0, 0.05) is 6.07 Å². The molecule has 1 rings (SSSR count). The van der Waals surface area contributed by atoms with Gasteiger partial charge in [0.1, 0.15) is 17.0 Å². The Morgan fingerprint density at radius 3 is 2.55 bits per heavy atom. The van der Waals surface area contributed by atoms with E-state index < -0.39 is 11.5 Å². The molecule has 1 atom stereocenters. The zero-order valence-corrected chi connectivity index (χ0v) is 12.3. The van der Waals surface area contributed by atoms with Crippen molar-refractivity contribution in [1.29, 1.82) is 0 Å². The first-order valence-electron chi connectivity index (χ1n) is 6.80. The summed E-state index contributed by atoms with van der Waals surface area (Å²) in [6.07, 6.45) is 1.16. The van der Waals surface area contributed by atoms with Crippen molar-refractivity contribution in [1.82, 2.24) is 5.32 Å². The SMILES string of the molecule is CCOc1cccc(OCCCC(C)(NC)C(=O)O)c1. The monoisotopic (exact) mass is 281 g/mol. The first-order valence-corrected chi connectivity index (χ1v) is 6.80. The van der Waals surface area contributed by atoms with Crippen molar-refractivity contribution in [2.75, 3.05) is 20.3 Å². The molecule has 20 heavy (non-hydrogen) atoms. The third-order valence-corrected chi connectivity index (χ3v) is 3.23. The summed E-state index contributed by atoms with van der Waals surface area (Å²) in [4.78, 5) is 11.1. The normalized spacial score (nSPS) is 13.6. The van der Waals surface area contributed by atoms with E-state index in [0.29, 0.717) is 26.1 Å². The molecular formula is C15H23NO4. The number of ether oxygens (including phenoxy) is 2. The van der Waals surface area contributed by atoms with E-state index in [1.807, 2.05) is 31.2 Å². The van der Waals surface area contributed by atoms with E-state index >= 15 is 0 Å². The van der Waals surface area contributed by atoms with Gasteiger partial charge < -0.3 is 19.9 Å². The summed E-state index contributed by atoms with van der Waals surface area (Å²) in [5, 5.41) is 12.0. The molecule has 0 bridgehead atoms. The second-order valence-electron chi connectivity index (χ2n) is 4.75. The van der Waals surface area contributed by atoms with Gasteiger partial charge in [-0.2, -0.15) is 0 Å². The lowest BCUT2D eigenvalue weighted by Gasteiger charge is -2.23. The van der Waals surface area contributed by atoms with Crippen molar-refractivity contribution in [3.05, 3.63) is 24.3 Å². The number of nitrogens with one attached hydrogen (secondary N) is 1. The fourth-order valence-electron chi connectivity index (χ4n) is 1.78. The van der Waals surface area contributed by atoms with E-state index in [0.717, 1.165) is 11.5 Å². The molecule has 5 heteroatoms. The molecule has 0 heterocycles. The van der Waals surface area contributed by atoms with Gasteiger partial charge >= 0.3 is 5.97 Å². The fraction of sp³-hybridized carbons (Fsp3) is 0.533. The lowest BCUT2D eigenvalue weighted by molar-refractivity contribution is -0.144. The van der Waals surface area contributed by atoms with Gasteiger partial charge in [-0.05, 0) is 45.9 Å². The molecule has 0 aliphatic carbocycles. The van der Waals surface area contributed by atoms with Gasteiger partial charge in [0.15, 0.2) is 0 Å². The summed E-state index contributed by atoms with van der Waals surface area (Å²) in [6, 6.07) is 7.43. The number of rotatable bonds is 9. The van der Waals surface area contributed by atoms with Crippen LogP contribution in [-0.4, -0.2) is 36.9 Å². The Morgan fingerprint density at radius 1 is 1.35 bits per heavy atom. The van der Waals surface area contributed by atoms with Crippen LogP contribution in [0.1, 0.15) is 26.7 Å². The lowest BCUT2D eigenvalue weighted by atomic mass is 9.96. The van der Waals surface area contributed by atoms with E-state index in [1.165, 1.54) is 0 Å². The molecule has 0 aromatic heterocycles. The number of benzene rings is 1. The van der Waals surface area contributed by atoms with E-state index in [9.17, 15) is 4.79 Å². The molecule has 1 unspecified atom stereocenters. The van der Waals surface area contributed by atoms with Gasteiger partial charge in [-0.3, -0.25) is 4.79 Å². The first-order chi connectivity index (χ1) is 9.51. The minimum atomic E-state index is -0.906. The average molecular weight is 281 g/mol. The second kappa shape index (κ2) is 7.75. The van der Waals surface area contributed by atoms with Crippen LogP contribution in [-0.2, 0) is 4.79 Å². The molecule has 2 N–H and O–H groups in total. The number of hydrogen-bond donors (Lipinski definition) is 2. The largest absolute Gasteiger partial charge is 0.494 e. The number of carboxylic acids is 1. The second-order valence-corrected chi connectivity index (χ2v) is 4.75. The highest BCUT2D eigenvalue weighted by Crippen LogP contribution is 2.20. The van der Waals surface area contributed by atoms with E-state index in [-0.39, 0.29) is 0 Å². The lowest BCUT2D eigenvalue weighted by Crippen LogP contribution is -2.47. The third-order valence-electron chi connectivity index (χ3n) is 3.23. The molecule has 0 spiro atoms. The summed E-state index contributed by atoms with van der Waals surface area (Å²) in [7, 11) is 1.65. The molecule has 0 aliphatic rings. The first kappa shape index (κ1) is 16.3. The molecule has 112 valence electrons. The number of carbonyl (C=O) groups is 1. The molecule has 0 saturated carbocycles. The van der Waals surface area contributed by atoms with Crippen LogP contribution in [0.25, 0.3) is 0 Å². The van der Waals surface area contributed by atoms with Crippen LogP contribution in [0, 0.1) is 0 Å². The zero-order chi connectivity index (χ0) is 15.0. The van der Waals surface area contributed by atoms with Crippen LogP contribution in [0.2, 0.25) is 0 Å². The summed E-state index contributed by atoms with van der Waals surface area (Å²) in [5.41, 5.74) is -0.906. The van der Waals surface area contributed by atoms with Crippen molar-refractivity contribution in [2.45, 2.75) is 32.2 Å². The van der Waals surface area contributed by atoms with Crippen molar-refractivity contribution in [2.24, 2.45) is 0 Å². The summed E-state index contributed by atoms with van der Waals surface area (Å²) >= 11 is 0. The van der Waals surface area contributed by atoms with E-state index in [2.05, 4.69) is 5.32 Å². The summed E-state index contributed by atoms with van der Waals surface area (Å²) in [6.45, 7) is 4.69. The number of aliphatic carboxylic acids is 1. The highest BCUT2D eigenvalue weighted by molar-refractivity contribution is 5.78. The molecular weight excluding hydrogens is 258 g/mol. The summed E-state index contributed by atoms with van der Waals surface area (Å²) < 4.78 is 11.0. The average Bonchev–Trinajstić information content (AvgIpc) is 2.44. The molecule has 0 radical (unpaired) electrons. The quantitative estimate of drug-likeness (QED) is 0.680. The highest BCUT2D eigenvalue weighted by atomic mass is 16.5. The predicted molar refractivity (Wildman–Crippen MR) is 77.4 cm³/mol. The highest BCUT2D eigenvalue weighted by Gasteiger charge is 2.30. The Bertz CT molecular complexity index is 436. The maximum Gasteiger partial charge on any atom is 0.323 e. The minimum Gasteiger partial charge on any atom is -0.494 e. The topological polar surface area (TPSA) is 67.8 Å². The molecule has 1 aromatic rings. The molecule has 0 aliphatic heterocycles. The standard InChI is InChI=1S/C15H23NO4/c1-4-19-12-7-5-8-13(11-12)20-10-6-9-15(2,16-3)14(17)18/h5,7-8,11,16H,4,6,9-10H2,1-3H3,(H,17,18). The van der Waals surface area contributed by atoms with Crippen LogP contribution in [0.15, 0.2) is 24.3 Å². The molecule has 5 nitrogen and oxygen atoms in total. The minimum absolute atomic E-state index is 0.472. The Labute approximate surface area is 119 Å². The van der Waals surface area contributed by atoms with Gasteiger partial charge in [-0.25, -0.2) is 0 Å². The van der Waals surface area contributed by atoms with Gasteiger partial charge in [-0.1, -0.05) is 6.07 Å². The van der Waals surface area contributed by atoms with Crippen molar-refractivity contribution >= 4 is 5.97 Å². The van der Waals surface area contributed by atoms with E-state index in [4.69, 9.17) is 14.6 Å². The molecule has 0 amide bonds. The molecule has 1 aromatic carbocycles. The van der Waals surface area contributed by atoms with Crippen LogP contribution < -0.4 is 14.8 Å². The Kier molecular flexibility index (Phi) is 6.31. The van der Waals surface area contributed by atoms with Gasteiger partial charge in [-0.15, -0.1) is 0 Å².